The fourth-order valence-corrected chi connectivity index (χ4v) is 2.04. The SMILES string of the molecule is COc1ccc2nc(C(C)(C)C)cc(/C=C/C(=O)O)c2c1. The summed E-state index contributed by atoms with van der Waals surface area (Å²) in [6.45, 7) is 6.24. The van der Waals surface area contributed by atoms with E-state index in [2.05, 4.69) is 25.8 Å². The summed E-state index contributed by atoms with van der Waals surface area (Å²) >= 11 is 0. The number of carbonyl (C=O) groups is 1. The molecule has 0 saturated heterocycles. The molecule has 1 aromatic carbocycles. The third-order valence-electron chi connectivity index (χ3n) is 3.22. The minimum absolute atomic E-state index is 0.111. The molecule has 0 saturated carbocycles. The number of aliphatic carboxylic acids is 1. The molecule has 110 valence electrons. The Morgan fingerprint density at radius 2 is 2.00 bits per heavy atom. The molecule has 1 heterocycles. The van der Waals surface area contributed by atoms with Gasteiger partial charge in [-0.25, -0.2) is 4.79 Å². The standard InChI is InChI=1S/C17H19NO3/c1-17(2,3)15-9-11(5-8-16(19)20)13-10-12(21-4)6-7-14(13)18-15/h5-10H,1-4H3,(H,19,20)/b8-5+. The number of benzene rings is 1. The van der Waals surface area contributed by atoms with Crippen molar-refractivity contribution in [2.24, 2.45) is 0 Å². The van der Waals surface area contributed by atoms with Gasteiger partial charge >= 0.3 is 5.97 Å². The van der Waals surface area contributed by atoms with Gasteiger partial charge in [0.2, 0.25) is 0 Å². The Balaban J connectivity index is 2.72. The third kappa shape index (κ3) is 3.40. The van der Waals surface area contributed by atoms with E-state index in [9.17, 15) is 4.79 Å². The summed E-state index contributed by atoms with van der Waals surface area (Å²) in [5.74, 6) is -0.252. The number of rotatable bonds is 3. The van der Waals surface area contributed by atoms with E-state index in [1.165, 1.54) is 0 Å². The second kappa shape index (κ2) is 5.56. The van der Waals surface area contributed by atoms with Crippen LogP contribution in [0.2, 0.25) is 0 Å². The maximum absolute atomic E-state index is 10.8. The van der Waals surface area contributed by atoms with Gasteiger partial charge < -0.3 is 9.84 Å². The second-order valence-corrected chi connectivity index (χ2v) is 5.90. The van der Waals surface area contributed by atoms with Gasteiger partial charge in [0.15, 0.2) is 0 Å². The molecule has 1 N–H and O–H groups in total. The number of fused-ring (bicyclic) bond motifs is 1. The van der Waals surface area contributed by atoms with Crippen molar-refractivity contribution in [2.45, 2.75) is 26.2 Å². The average Bonchev–Trinajstić information content (AvgIpc) is 2.42. The second-order valence-electron chi connectivity index (χ2n) is 5.90. The first kappa shape index (κ1) is 15.0. The number of nitrogens with zero attached hydrogens (tertiary/aromatic N) is 1. The van der Waals surface area contributed by atoms with Crippen LogP contribution in [0.1, 0.15) is 32.0 Å². The zero-order valence-electron chi connectivity index (χ0n) is 12.7. The maximum atomic E-state index is 10.8. The van der Waals surface area contributed by atoms with Crippen LogP contribution in [0.15, 0.2) is 30.3 Å². The van der Waals surface area contributed by atoms with E-state index in [0.29, 0.717) is 0 Å². The fourth-order valence-electron chi connectivity index (χ4n) is 2.04. The first-order valence-corrected chi connectivity index (χ1v) is 6.71. The highest BCUT2D eigenvalue weighted by Gasteiger charge is 2.17. The molecule has 0 radical (unpaired) electrons. The van der Waals surface area contributed by atoms with Crippen LogP contribution in [0.25, 0.3) is 17.0 Å². The maximum Gasteiger partial charge on any atom is 0.328 e. The Bertz CT molecular complexity index is 712. The van der Waals surface area contributed by atoms with Crippen molar-refractivity contribution in [1.29, 1.82) is 0 Å². The van der Waals surface area contributed by atoms with Crippen LogP contribution in [0, 0.1) is 0 Å². The van der Waals surface area contributed by atoms with E-state index in [-0.39, 0.29) is 5.41 Å². The van der Waals surface area contributed by atoms with Crippen molar-refractivity contribution in [3.8, 4) is 5.75 Å². The summed E-state index contributed by atoms with van der Waals surface area (Å²) in [4.78, 5) is 15.5. The number of hydrogen-bond acceptors (Lipinski definition) is 3. The van der Waals surface area contributed by atoms with E-state index >= 15 is 0 Å². The van der Waals surface area contributed by atoms with Crippen LogP contribution in [-0.2, 0) is 10.2 Å². The Labute approximate surface area is 124 Å². The molecule has 4 nitrogen and oxygen atoms in total. The fraction of sp³-hybridized carbons (Fsp3) is 0.294. The Morgan fingerprint density at radius 3 is 2.57 bits per heavy atom. The molecule has 0 amide bonds. The molecule has 4 heteroatoms. The molecule has 0 aliphatic heterocycles. The smallest absolute Gasteiger partial charge is 0.328 e. The van der Waals surface area contributed by atoms with Crippen LogP contribution in [-0.4, -0.2) is 23.2 Å². The van der Waals surface area contributed by atoms with Crippen LogP contribution >= 0.6 is 0 Å². The number of aromatic nitrogens is 1. The van der Waals surface area contributed by atoms with E-state index in [4.69, 9.17) is 9.84 Å². The van der Waals surface area contributed by atoms with Gasteiger partial charge in [-0.1, -0.05) is 20.8 Å². The molecule has 0 unspecified atom stereocenters. The molecule has 21 heavy (non-hydrogen) atoms. The van der Waals surface area contributed by atoms with Crippen molar-refractivity contribution >= 4 is 22.9 Å². The first-order valence-electron chi connectivity index (χ1n) is 6.71. The lowest BCUT2D eigenvalue weighted by molar-refractivity contribution is -0.131. The number of ether oxygens (including phenoxy) is 1. The number of hydrogen-bond donors (Lipinski definition) is 1. The number of methoxy groups -OCH3 is 1. The Morgan fingerprint density at radius 1 is 1.29 bits per heavy atom. The third-order valence-corrected chi connectivity index (χ3v) is 3.22. The number of carboxylic acid groups (broad SMARTS) is 1. The van der Waals surface area contributed by atoms with Gasteiger partial charge in [0.05, 0.1) is 12.6 Å². The topological polar surface area (TPSA) is 59.4 Å². The zero-order valence-corrected chi connectivity index (χ0v) is 12.7. The quantitative estimate of drug-likeness (QED) is 0.875. The van der Waals surface area contributed by atoms with Crippen molar-refractivity contribution < 1.29 is 14.6 Å². The summed E-state index contributed by atoms with van der Waals surface area (Å²) in [6.07, 6.45) is 2.74. The molecule has 0 spiro atoms. The van der Waals surface area contributed by atoms with E-state index in [1.54, 1.807) is 13.2 Å². The lowest BCUT2D eigenvalue weighted by Gasteiger charge is -2.19. The zero-order chi connectivity index (χ0) is 15.6. The van der Waals surface area contributed by atoms with E-state index < -0.39 is 5.97 Å². The van der Waals surface area contributed by atoms with Crippen LogP contribution in [0.4, 0.5) is 0 Å². The van der Waals surface area contributed by atoms with Crippen LogP contribution in [0.5, 0.6) is 5.75 Å². The Kier molecular flexibility index (Phi) is 3.98. The lowest BCUT2D eigenvalue weighted by Crippen LogP contribution is -2.13. The largest absolute Gasteiger partial charge is 0.497 e. The molecule has 0 atom stereocenters. The summed E-state index contributed by atoms with van der Waals surface area (Å²) in [7, 11) is 1.60. The lowest BCUT2D eigenvalue weighted by atomic mass is 9.89. The van der Waals surface area contributed by atoms with Crippen molar-refractivity contribution in [3.63, 3.8) is 0 Å². The van der Waals surface area contributed by atoms with Gasteiger partial charge in [-0.15, -0.1) is 0 Å². The van der Waals surface area contributed by atoms with Gasteiger partial charge in [0.1, 0.15) is 5.75 Å². The molecule has 0 bridgehead atoms. The average molecular weight is 285 g/mol. The number of pyridine rings is 1. The molecular formula is C17H19NO3. The van der Waals surface area contributed by atoms with E-state index in [0.717, 1.165) is 34.0 Å². The minimum Gasteiger partial charge on any atom is -0.497 e. The van der Waals surface area contributed by atoms with Gasteiger partial charge in [-0.3, -0.25) is 4.98 Å². The molecule has 0 aliphatic carbocycles. The normalized spacial score (nSPS) is 12.0. The van der Waals surface area contributed by atoms with Crippen molar-refractivity contribution in [3.05, 3.63) is 41.6 Å². The molecule has 0 fully saturated rings. The van der Waals surface area contributed by atoms with Crippen LogP contribution < -0.4 is 4.74 Å². The monoisotopic (exact) mass is 285 g/mol. The summed E-state index contributed by atoms with van der Waals surface area (Å²) in [5.41, 5.74) is 2.46. The minimum atomic E-state index is -0.972. The predicted molar refractivity (Wildman–Crippen MR) is 83.7 cm³/mol. The first-order chi connectivity index (χ1) is 9.81. The highest BCUT2D eigenvalue weighted by atomic mass is 16.5. The number of carboxylic acids is 1. The highest BCUT2D eigenvalue weighted by molar-refractivity contribution is 5.93. The van der Waals surface area contributed by atoms with Crippen LogP contribution in [0.3, 0.4) is 0 Å². The summed E-state index contributed by atoms with van der Waals surface area (Å²) < 4.78 is 5.23. The van der Waals surface area contributed by atoms with Gasteiger partial charge in [0, 0.05) is 22.6 Å². The summed E-state index contributed by atoms with van der Waals surface area (Å²) in [6, 6.07) is 7.55. The van der Waals surface area contributed by atoms with Gasteiger partial charge in [-0.05, 0) is 35.9 Å². The molecule has 2 rings (SSSR count). The molecular weight excluding hydrogens is 266 g/mol. The predicted octanol–water partition coefficient (Wildman–Crippen LogP) is 3.64. The summed E-state index contributed by atoms with van der Waals surface area (Å²) in [5, 5.41) is 9.72. The van der Waals surface area contributed by atoms with Crippen molar-refractivity contribution in [2.75, 3.05) is 7.11 Å². The van der Waals surface area contributed by atoms with E-state index in [1.807, 2.05) is 24.3 Å². The molecule has 0 aliphatic rings. The molecule has 2 aromatic rings. The molecule has 1 aromatic heterocycles. The van der Waals surface area contributed by atoms with Crippen molar-refractivity contribution in [1.82, 2.24) is 4.98 Å². The highest BCUT2D eigenvalue weighted by Crippen LogP contribution is 2.29. The van der Waals surface area contributed by atoms with Gasteiger partial charge in [0.25, 0.3) is 0 Å². The van der Waals surface area contributed by atoms with Gasteiger partial charge in [-0.2, -0.15) is 0 Å². The Hall–Kier alpha value is -2.36.